The van der Waals surface area contributed by atoms with E-state index in [0.29, 0.717) is 5.75 Å². The van der Waals surface area contributed by atoms with Crippen molar-refractivity contribution in [1.29, 1.82) is 0 Å². The van der Waals surface area contributed by atoms with E-state index in [1.54, 1.807) is 0 Å². The minimum Gasteiger partial charge on any atom is -0.360 e. The van der Waals surface area contributed by atoms with Gasteiger partial charge in [-0.25, -0.2) is 0 Å². The van der Waals surface area contributed by atoms with Crippen molar-refractivity contribution in [2.45, 2.75) is 37.4 Å². The van der Waals surface area contributed by atoms with Gasteiger partial charge in [0.15, 0.2) is 4.34 Å². The Hall–Kier alpha value is -1.60. The number of anilines is 2. The number of hydrogen-bond acceptors (Lipinski definition) is 6. The van der Waals surface area contributed by atoms with Crippen LogP contribution in [0.2, 0.25) is 0 Å². The van der Waals surface area contributed by atoms with E-state index in [4.69, 9.17) is 0 Å². The summed E-state index contributed by atoms with van der Waals surface area (Å²) in [5.41, 5.74) is 2.05. The van der Waals surface area contributed by atoms with Crippen molar-refractivity contribution in [3.63, 3.8) is 0 Å². The molecule has 0 aliphatic rings. The van der Waals surface area contributed by atoms with Crippen LogP contribution in [0.4, 0.5) is 10.8 Å². The first-order valence-electron chi connectivity index (χ1n) is 7.80. The molecule has 0 atom stereocenters. The Morgan fingerprint density at radius 2 is 2.17 bits per heavy atom. The van der Waals surface area contributed by atoms with Crippen molar-refractivity contribution in [2.24, 2.45) is 0 Å². The molecule has 0 aliphatic carbocycles. The highest BCUT2D eigenvalue weighted by Gasteiger charge is 2.08. The number of benzene rings is 1. The number of aryl methyl sites for hydroxylation is 1. The number of nitrogens with zero attached hydrogens (tertiary/aromatic N) is 2. The van der Waals surface area contributed by atoms with Gasteiger partial charge in [-0.1, -0.05) is 55.5 Å². The van der Waals surface area contributed by atoms with Crippen LogP contribution < -0.4 is 10.6 Å². The minimum atomic E-state index is -0.0288. The predicted molar refractivity (Wildman–Crippen MR) is 98.5 cm³/mol. The average molecular weight is 351 g/mol. The number of aromatic nitrogens is 2. The number of hydrogen-bond donors (Lipinski definition) is 2. The topological polar surface area (TPSA) is 66.9 Å². The second-order valence-corrected chi connectivity index (χ2v) is 7.24. The number of thioether (sulfide) groups is 1. The summed E-state index contributed by atoms with van der Waals surface area (Å²) in [4.78, 5) is 12.0. The second kappa shape index (κ2) is 9.52. The number of nitrogens with one attached hydrogen (secondary N) is 2. The second-order valence-electron chi connectivity index (χ2n) is 5.04. The first-order valence-corrected chi connectivity index (χ1v) is 9.60. The van der Waals surface area contributed by atoms with Gasteiger partial charge in [-0.2, -0.15) is 0 Å². The Kier molecular flexibility index (Phi) is 7.35. The van der Waals surface area contributed by atoms with Gasteiger partial charge in [-0.3, -0.25) is 4.79 Å². The maximum atomic E-state index is 12.0. The fourth-order valence-electron chi connectivity index (χ4n) is 1.90. The molecule has 0 spiro atoms. The van der Waals surface area contributed by atoms with Gasteiger partial charge in [0.2, 0.25) is 11.0 Å². The molecule has 0 aliphatic heterocycles. The van der Waals surface area contributed by atoms with Gasteiger partial charge in [0.05, 0.1) is 5.75 Å². The summed E-state index contributed by atoms with van der Waals surface area (Å²) in [7, 11) is 0. The van der Waals surface area contributed by atoms with E-state index in [1.165, 1.54) is 28.7 Å². The molecule has 1 heterocycles. The molecular weight excluding hydrogens is 328 g/mol. The first-order chi connectivity index (χ1) is 11.2. The Morgan fingerprint density at radius 3 is 2.96 bits per heavy atom. The number of carbonyl (C=O) groups is 1. The third-order valence-electron chi connectivity index (χ3n) is 3.16. The van der Waals surface area contributed by atoms with E-state index in [1.807, 2.05) is 18.2 Å². The lowest BCUT2D eigenvalue weighted by Crippen LogP contribution is -2.14. The van der Waals surface area contributed by atoms with Gasteiger partial charge in [-0.15, -0.1) is 10.2 Å². The summed E-state index contributed by atoms with van der Waals surface area (Å²) in [6, 6.07) is 7.92. The molecule has 0 saturated carbocycles. The van der Waals surface area contributed by atoms with Gasteiger partial charge in [-0.05, 0) is 30.5 Å². The highest BCUT2D eigenvalue weighted by Crippen LogP contribution is 2.25. The summed E-state index contributed by atoms with van der Waals surface area (Å²) in [6.07, 6.45) is 3.21. The lowest BCUT2D eigenvalue weighted by Gasteiger charge is -2.05. The molecule has 1 aromatic carbocycles. The van der Waals surface area contributed by atoms with Crippen LogP contribution in [0, 0.1) is 0 Å². The van der Waals surface area contributed by atoms with Gasteiger partial charge in [0.1, 0.15) is 0 Å². The minimum absolute atomic E-state index is 0.0288. The van der Waals surface area contributed by atoms with Crippen molar-refractivity contribution in [3.8, 4) is 0 Å². The molecule has 0 radical (unpaired) electrons. The zero-order valence-electron chi connectivity index (χ0n) is 13.5. The molecule has 0 saturated heterocycles. The summed E-state index contributed by atoms with van der Waals surface area (Å²) in [6.45, 7) is 5.15. The SMILES string of the molecule is CCCCNc1nnc(SCC(=O)Nc2cccc(CC)c2)s1. The van der Waals surface area contributed by atoms with Crippen LogP contribution in [0.3, 0.4) is 0 Å². The Bertz CT molecular complexity index is 630. The van der Waals surface area contributed by atoms with E-state index in [9.17, 15) is 4.79 Å². The lowest BCUT2D eigenvalue weighted by atomic mass is 10.1. The van der Waals surface area contributed by atoms with E-state index in [-0.39, 0.29) is 5.91 Å². The van der Waals surface area contributed by atoms with E-state index in [0.717, 1.165) is 41.0 Å². The number of rotatable bonds is 9. The zero-order chi connectivity index (χ0) is 16.5. The molecular formula is C16H22N4OS2. The molecule has 2 rings (SSSR count). The molecule has 0 fully saturated rings. The molecule has 2 N–H and O–H groups in total. The molecule has 23 heavy (non-hydrogen) atoms. The Labute approximate surface area is 145 Å². The molecule has 7 heteroatoms. The van der Waals surface area contributed by atoms with Crippen molar-refractivity contribution in [2.75, 3.05) is 22.9 Å². The Balaban J connectivity index is 1.77. The van der Waals surface area contributed by atoms with Crippen LogP contribution in [0.1, 0.15) is 32.3 Å². The highest BCUT2D eigenvalue weighted by atomic mass is 32.2. The van der Waals surface area contributed by atoms with Crippen LogP contribution in [-0.4, -0.2) is 28.4 Å². The van der Waals surface area contributed by atoms with Crippen LogP contribution in [0.25, 0.3) is 0 Å². The third-order valence-corrected chi connectivity index (χ3v) is 5.17. The highest BCUT2D eigenvalue weighted by molar-refractivity contribution is 8.01. The summed E-state index contributed by atoms with van der Waals surface area (Å²) < 4.78 is 0.807. The van der Waals surface area contributed by atoms with E-state index in [2.05, 4.69) is 40.7 Å². The van der Waals surface area contributed by atoms with Gasteiger partial charge < -0.3 is 10.6 Å². The zero-order valence-corrected chi connectivity index (χ0v) is 15.1. The first kappa shape index (κ1) is 17.7. The maximum absolute atomic E-state index is 12.0. The largest absolute Gasteiger partial charge is 0.360 e. The third kappa shape index (κ3) is 6.19. The molecule has 1 aromatic heterocycles. The number of carbonyl (C=O) groups excluding carboxylic acids is 1. The van der Waals surface area contributed by atoms with E-state index >= 15 is 0 Å². The summed E-state index contributed by atoms with van der Waals surface area (Å²) in [5.74, 6) is 0.305. The molecule has 0 unspecified atom stereocenters. The van der Waals surface area contributed by atoms with E-state index < -0.39 is 0 Å². The standard InChI is InChI=1S/C16H22N4OS2/c1-3-5-9-17-15-19-20-16(23-15)22-11-14(21)18-13-8-6-7-12(4-2)10-13/h6-8,10H,3-5,9,11H2,1-2H3,(H,17,19)(H,18,21). The molecule has 2 aromatic rings. The maximum Gasteiger partial charge on any atom is 0.234 e. The Morgan fingerprint density at radius 1 is 1.30 bits per heavy atom. The summed E-state index contributed by atoms with van der Waals surface area (Å²) >= 11 is 2.90. The van der Waals surface area contributed by atoms with Gasteiger partial charge in [0.25, 0.3) is 0 Å². The molecule has 5 nitrogen and oxygen atoms in total. The fraction of sp³-hybridized carbons (Fsp3) is 0.438. The normalized spacial score (nSPS) is 10.5. The lowest BCUT2D eigenvalue weighted by molar-refractivity contribution is -0.113. The van der Waals surface area contributed by atoms with Crippen molar-refractivity contribution in [1.82, 2.24) is 10.2 Å². The van der Waals surface area contributed by atoms with Crippen molar-refractivity contribution >= 4 is 39.8 Å². The predicted octanol–water partition coefficient (Wildman–Crippen LogP) is 4.04. The number of amides is 1. The average Bonchev–Trinajstić information content (AvgIpc) is 3.01. The van der Waals surface area contributed by atoms with Crippen LogP contribution >= 0.6 is 23.1 Å². The van der Waals surface area contributed by atoms with Gasteiger partial charge >= 0.3 is 0 Å². The quantitative estimate of drug-likeness (QED) is 0.528. The fourth-order valence-corrected chi connectivity index (χ4v) is 3.48. The molecule has 124 valence electrons. The molecule has 0 bridgehead atoms. The van der Waals surface area contributed by atoms with Gasteiger partial charge in [0, 0.05) is 12.2 Å². The van der Waals surface area contributed by atoms with Crippen molar-refractivity contribution < 1.29 is 4.79 Å². The van der Waals surface area contributed by atoms with Crippen molar-refractivity contribution in [3.05, 3.63) is 29.8 Å². The monoisotopic (exact) mass is 350 g/mol. The smallest absolute Gasteiger partial charge is 0.234 e. The van der Waals surface area contributed by atoms with Crippen LogP contribution in [-0.2, 0) is 11.2 Å². The molecule has 1 amide bonds. The van der Waals surface area contributed by atoms with Crippen LogP contribution in [0.5, 0.6) is 0 Å². The number of unbranched alkanes of at least 4 members (excludes halogenated alkanes) is 1. The van der Waals surface area contributed by atoms with Crippen LogP contribution in [0.15, 0.2) is 28.6 Å². The summed E-state index contributed by atoms with van der Waals surface area (Å²) in [5, 5.41) is 15.1.